The molecule has 0 atom stereocenters. The molecule has 0 unspecified atom stereocenters. The molecule has 19 heavy (non-hydrogen) atoms. The van der Waals surface area contributed by atoms with Crippen LogP contribution in [0.5, 0.6) is 0 Å². The van der Waals surface area contributed by atoms with Crippen molar-refractivity contribution in [2.24, 2.45) is 7.05 Å². The molecule has 1 aliphatic carbocycles. The Morgan fingerprint density at radius 2 is 2.21 bits per heavy atom. The minimum Gasteiger partial charge on any atom is -0.366 e. The third kappa shape index (κ3) is 2.48. The van der Waals surface area contributed by atoms with Crippen molar-refractivity contribution in [1.29, 1.82) is 0 Å². The molecule has 0 bridgehead atoms. The van der Waals surface area contributed by atoms with E-state index in [1.807, 2.05) is 11.7 Å². The van der Waals surface area contributed by atoms with E-state index in [9.17, 15) is 0 Å². The van der Waals surface area contributed by atoms with Gasteiger partial charge >= 0.3 is 0 Å². The summed E-state index contributed by atoms with van der Waals surface area (Å²) in [4.78, 5) is 4.69. The number of rotatable bonds is 4. The van der Waals surface area contributed by atoms with E-state index in [1.165, 1.54) is 29.7 Å². The van der Waals surface area contributed by atoms with Crippen LogP contribution >= 0.6 is 0 Å². The average molecular weight is 256 g/mol. The normalized spacial score (nSPS) is 13.6. The van der Waals surface area contributed by atoms with Crippen LogP contribution in [0.1, 0.15) is 35.9 Å². The van der Waals surface area contributed by atoms with Crippen molar-refractivity contribution in [2.45, 2.75) is 39.2 Å². The molecule has 0 aliphatic heterocycles. The van der Waals surface area contributed by atoms with E-state index >= 15 is 0 Å². The quantitative estimate of drug-likeness (QED) is 0.914. The maximum Gasteiger partial charge on any atom is 0.126 e. The summed E-state index contributed by atoms with van der Waals surface area (Å²) in [6, 6.07) is 4.30. The number of hydrogen-bond donors (Lipinski definition) is 1. The number of fused-ring (bicyclic) bond motifs is 1. The van der Waals surface area contributed by atoms with E-state index in [0.29, 0.717) is 0 Å². The lowest BCUT2D eigenvalue weighted by Crippen LogP contribution is -2.04. The Morgan fingerprint density at radius 1 is 1.32 bits per heavy atom. The molecule has 1 aliphatic rings. The molecule has 100 valence electrons. The summed E-state index contributed by atoms with van der Waals surface area (Å²) < 4.78 is 1.88. The number of nitrogens with one attached hydrogen (secondary N) is 1. The van der Waals surface area contributed by atoms with Crippen molar-refractivity contribution >= 4 is 5.82 Å². The summed E-state index contributed by atoms with van der Waals surface area (Å²) in [7, 11) is 1.97. The van der Waals surface area contributed by atoms with Gasteiger partial charge in [0.1, 0.15) is 5.82 Å². The highest BCUT2D eigenvalue weighted by Gasteiger charge is 2.12. The predicted octanol–water partition coefficient (Wildman–Crippen LogP) is 2.48. The van der Waals surface area contributed by atoms with Gasteiger partial charge in [-0.2, -0.15) is 5.10 Å². The molecule has 1 N–H and O–H groups in total. The lowest BCUT2D eigenvalue weighted by atomic mass is 10.2. The minimum absolute atomic E-state index is 0.794. The summed E-state index contributed by atoms with van der Waals surface area (Å²) >= 11 is 0. The van der Waals surface area contributed by atoms with Crippen molar-refractivity contribution in [3.05, 3.63) is 40.8 Å². The lowest BCUT2D eigenvalue weighted by Gasteiger charge is -2.07. The molecule has 0 saturated carbocycles. The van der Waals surface area contributed by atoms with Crippen LogP contribution in [-0.4, -0.2) is 14.8 Å². The first-order chi connectivity index (χ1) is 9.26. The molecule has 2 heterocycles. The number of aryl methyl sites for hydroxylation is 4. The van der Waals surface area contributed by atoms with Crippen molar-refractivity contribution in [3.8, 4) is 0 Å². The molecule has 0 fully saturated rings. The smallest absolute Gasteiger partial charge is 0.126 e. The molecule has 4 nitrogen and oxygen atoms in total. The van der Waals surface area contributed by atoms with Gasteiger partial charge in [-0.25, -0.2) is 4.98 Å². The van der Waals surface area contributed by atoms with Gasteiger partial charge in [0, 0.05) is 31.0 Å². The Morgan fingerprint density at radius 3 is 3.05 bits per heavy atom. The third-order valence-electron chi connectivity index (χ3n) is 3.71. The average Bonchev–Trinajstić information content (AvgIpc) is 3.01. The van der Waals surface area contributed by atoms with Gasteiger partial charge in [0.05, 0.1) is 5.69 Å². The number of nitrogens with zero attached hydrogens (tertiary/aromatic N) is 3. The fraction of sp³-hybridized carbons (Fsp3) is 0.467. The Balaban J connectivity index is 1.72. The SMILES string of the molecule is CCc1nn(C)cc1CNc1ccc2c(n1)CCC2. The second kappa shape index (κ2) is 5.03. The van der Waals surface area contributed by atoms with E-state index in [2.05, 4.69) is 35.7 Å². The van der Waals surface area contributed by atoms with Gasteiger partial charge in [0.15, 0.2) is 0 Å². The van der Waals surface area contributed by atoms with Crippen LogP contribution < -0.4 is 5.32 Å². The van der Waals surface area contributed by atoms with E-state index in [0.717, 1.165) is 30.9 Å². The van der Waals surface area contributed by atoms with Crippen molar-refractivity contribution in [2.75, 3.05) is 5.32 Å². The minimum atomic E-state index is 0.794. The number of hydrogen-bond acceptors (Lipinski definition) is 3. The maximum absolute atomic E-state index is 4.69. The van der Waals surface area contributed by atoms with Crippen LogP contribution in [0.2, 0.25) is 0 Å². The third-order valence-corrected chi connectivity index (χ3v) is 3.71. The number of aromatic nitrogens is 3. The Kier molecular flexibility index (Phi) is 3.23. The predicted molar refractivity (Wildman–Crippen MR) is 76.2 cm³/mol. The van der Waals surface area contributed by atoms with Crippen molar-refractivity contribution in [1.82, 2.24) is 14.8 Å². The van der Waals surface area contributed by atoms with Gasteiger partial charge < -0.3 is 5.32 Å². The van der Waals surface area contributed by atoms with Crippen LogP contribution in [0.3, 0.4) is 0 Å². The monoisotopic (exact) mass is 256 g/mol. The molecule has 4 heteroatoms. The molecule has 0 saturated heterocycles. The molecule has 0 aromatic carbocycles. The van der Waals surface area contributed by atoms with E-state index < -0.39 is 0 Å². The van der Waals surface area contributed by atoms with Gasteiger partial charge in [0.25, 0.3) is 0 Å². The Bertz CT molecular complexity index is 586. The number of pyridine rings is 1. The van der Waals surface area contributed by atoms with Crippen molar-refractivity contribution in [3.63, 3.8) is 0 Å². The topological polar surface area (TPSA) is 42.7 Å². The highest BCUT2D eigenvalue weighted by atomic mass is 15.3. The summed E-state index contributed by atoms with van der Waals surface area (Å²) in [6.45, 7) is 2.93. The Labute approximate surface area is 113 Å². The molecular formula is C15H20N4. The van der Waals surface area contributed by atoms with Crippen LogP contribution in [0.25, 0.3) is 0 Å². The first-order valence-corrected chi connectivity index (χ1v) is 7.00. The lowest BCUT2D eigenvalue weighted by molar-refractivity contribution is 0.746. The summed E-state index contributed by atoms with van der Waals surface area (Å²) in [5.41, 5.74) is 5.11. The molecule has 2 aromatic rings. The zero-order chi connectivity index (χ0) is 13.2. The first kappa shape index (κ1) is 12.2. The second-order valence-corrected chi connectivity index (χ2v) is 5.14. The van der Waals surface area contributed by atoms with Crippen LogP contribution in [0, 0.1) is 0 Å². The fourth-order valence-electron chi connectivity index (χ4n) is 2.73. The van der Waals surface area contributed by atoms with E-state index in [1.54, 1.807) is 0 Å². The van der Waals surface area contributed by atoms with Crippen molar-refractivity contribution < 1.29 is 0 Å². The van der Waals surface area contributed by atoms with Gasteiger partial charge in [-0.1, -0.05) is 13.0 Å². The van der Waals surface area contributed by atoms with Gasteiger partial charge in [-0.05, 0) is 37.3 Å². The Hall–Kier alpha value is -1.84. The molecule has 0 amide bonds. The second-order valence-electron chi connectivity index (χ2n) is 5.14. The van der Waals surface area contributed by atoms with Crippen LogP contribution in [-0.2, 0) is 32.9 Å². The largest absolute Gasteiger partial charge is 0.366 e. The van der Waals surface area contributed by atoms with Gasteiger partial charge in [0.2, 0.25) is 0 Å². The van der Waals surface area contributed by atoms with Crippen LogP contribution in [0.4, 0.5) is 5.82 Å². The highest BCUT2D eigenvalue weighted by molar-refractivity contribution is 5.41. The summed E-state index contributed by atoms with van der Waals surface area (Å²) in [5.74, 6) is 0.978. The van der Waals surface area contributed by atoms with E-state index in [4.69, 9.17) is 4.98 Å². The fourth-order valence-corrected chi connectivity index (χ4v) is 2.73. The molecular weight excluding hydrogens is 236 g/mol. The maximum atomic E-state index is 4.69. The summed E-state index contributed by atoms with van der Waals surface area (Å²) in [5, 5.41) is 7.87. The molecule has 2 aromatic heterocycles. The molecule has 0 radical (unpaired) electrons. The standard InChI is InChI=1S/C15H20N4/c1-3-13-12(10-19(2)18-13)9-16-15-8-7-11-5-4-6-14(11)17-15/h7-8,10H,3-6,9H2,1-2H3,(H,16,17). The zero-order valence-electron chi connectivity index (χ0n) is 11.6. The van der Waals surface area contributed by atoms with Crippen LogP contribution in [0.15, 0.2) is 18.3 Å². The van der Waals surface area contributed by atoms with Gasteiger partial charge in [-0.15, -0.1) is 0 Å². The summed E-state index contributed by atoms with van der Waals surface area (Å²) in [6.07, 6.45) is 6.60. The highest BCUT2D eigenvalue weighted by Crippen LogP contribution is 2.22. The van der Waals surface area contributed by atoms with E-state index in [-0.39, 0.29) is 0 Å². The van der Waals surface area contributed by atoms with Gasteiger partial charge in [-0.3, -0.25) is 4.68 Å². The first-order valence-electron chi connectivity index (χ1n) is 7.00. The molecule has 0 spiro atoms. The number of anilines is 1. The zero-order valence-corrected chi connectivity index (χ0v) is 11.6. The molecule has 3 rings (SSSR count).